The number of carbonyl (C=O) groups excluding carboxylic acids is 1. The van der Waals surface area contributed by atoms with Crippen LogP contribution in [0.3, 0.4) is 0 Å². The van der Waals surface area contributed by atoms with Crippen LogP contribution in [-0.2, 0) is 13.2 Å². The first-order valence-electron chi connectivity index (χ1n) is 10.5. The van der Waals surface area contributed by atoms with E-state index < -0.39 is 10.8 Å². The van der Waals surface area contributed by atoms with Crippen LogP contribution in [0.25, 0.3) is 0 Å². The van der Waals surface area contributed by atoms with Gasteiger partial charge >= 0.3 is 0 Å². The zero-order chi connectivity index (χ0) is 25.1. The van der Waals surface area contributed by atoms with Gasteiger partial charge in [-0.3, -0.25) is 19.6 Å². The largest absolute Gasteiger partial charge is 0.484 e. The maximum absolute atomic E-state index is 12.8. The maximum Gasteiger partial charge on any atom is 0.291 e. The topological polar surface area (TPSA) is 112 Å². The molecule has 0 unspecified atom stereocenters. The quantitative estimate of drug-likeness (QED) is 0.221. The lowest BCUT2D eigenvalue weighted by Crippen LogP contribution is -2.12. The Morgan fingerprint density at radius 3 is 2.60 bits per heavy atom. The van der Waals surface area contributed by atoms with E-state index in [0.717, 1.165) is 11.3 Å². The Morgan fingerprint density at radius 1 is 1.14 bits per heavy atom. The predicted octanol–water partition coefficient (Wildman–Crippen LogP) is 6.19. The van der Waals surface area contributed by atoms with E-state index in [2.05, 4.69) is 10.4 Å². The number of nitro benzene ring substituents is 1. The molecule has 4 rings (SSSR count). The summed E-state index contributed by atoms with van der Waals surface area (Å²) < 4.78 is 12.9. The molecule has 2 aromatic carbocycles. The standard InChI is InChI=1S/C24H20Cl2N4O5/c1-14-23(15(2)29(28-14)12-16-3-5-17(25)6-4-16)27-24(31)21-10-8-19(35-21)13-34-22-11-18(30(32)33)7-9-20(22)26/h3-11H,12-13H2,1-2H3,(H,27,31). The van der Waals surface area contributed by atoms with Crippen LogP contribution in [0.15, 0.2) is 59.0 Å². The Hall–Kier alpha value is -3.82. The van der Waals surface area contributed by atoms with E-state index in [9.17, 15) is 14.9 Å². The summed E-state index contributed by atoms with van der Waals surface area (Å²) in [4.78, 5) is 23.2. The van der Waals surface area contributed by atoms with Crippen LogP contribution in [0.4, 0.5) is 11.4 Å². The number of ether oxygens (including phenoxy) is 1. The summed E-state index contributed by atoms with van der Waals surface area (Å²) in [5.74, 6) is 0.132. The number of anilines is 1. The molecule has 0 bridgehead atoms. The first kappa shape index (κ1) is 24.3. The molecule has 9 nitrogen and oxygen atoms in total. The summed E-state index contributed by atoms with van der Waals surface area (Å²) in [6.45, 7) is 4.15. The van der Waals surface area contributed by atoms with Crippen molar-refractivity contribution in [2.45, 2.75) is 27.0 Å². The van der Waals surface area contributed by atoms with Crippen molar-refractivity contribution >= 4 is 40.5 Å². The van der Waals surface area contributed by atoms with Crippen LogP contribution in [0.5, 0.6) is 5.75 Å². The molecule has 35 heavy (non-hydrogen) atoms. The minimum Gasteiger partial charge on any atom is -0.484 e. The van der Waals surface area contributed by atoms with Crippen molar-refractivity contribution in [2.75, 3.05) is 5.32 Å². The molecule has 1 N–H and O–H groups in total. The first-order chi connectivity index (χ1) is 16.7. The molecule has 11 heteroatoms. The average molecular weight is 515 g/mol. The maximum atomic E-state index is 12.8. The average Bonchev–Trinajstić information content (AvgIpc) is 3.40. The minimum atomic E-state index is -0.542. The second kappa shape index (κ2) is 10.2. The number of aryl methyl sites for hydroxylation is 1. The number of amides is 1. The second-order valence-corrected chi connectivity index (χ2v) is 8.55. The molecular weight excluding hydrogens is 495 g/mol. The molecule has 0 spiro atoms. The van der Waals surface area contributed by atoms with Crippen LogP contribution < -0.4 is 10.1 Å². The third kappa shape index (κ3) is 5.64. The highest BCUT2D eigenvalue weighted by atomic mass is 35.5. The SMILES string of the molecule is Cc1nn(Cc2ccc(Cl)cc2)c(C)c1NC(=O)c1ccc(COc2cc([N+](=O)[O-])ccc2Cl)o1. The predicted molar refractivity (Wildman–Crippen MR) is 131 cm³/mol. The number of aromatic nitrogens is 2. The lowest BCUT2D eigenvalue weighted by atomic mass is 10.2. The summed E-state index contributed by atoms with van der Waals surface area (Å²) in [6, 6.07) is 14.5. The number of nitro groups is 1. The van der Waals surface area contributed by atoms with E-state index in [1.54, 1.807) is 10.7 Å². The van der Waals surface area contributed by atoms with Gasteiger partial charge in [0.05, 0.1) is 39.6 Å². The molecule has 0 atom stereocenters. The van der Waals surface area contributed by atoms with Crippen molar-refractivity contribution in [3.05, 3.63) is 103 Å². The number of benzene rings is 2. The molecule has 0 aliphatic rings. The minimum absolute atomic E-state index is 0.0642. The normalized spacial score (nSPS) is 10.9. The summed E-state index contributed by atoms with van der Waals surface area (Å²) in [5.41, 5.74) is 2.94. The van der Waals surface area contributed by atoms with Crippen molar-refractivity contribution in [2.24, 2.45) is 0 Å². The zero-order valence-electron chi connectivity index (χ0n) is 18.7. The molecular formula is C24H20Cl2N4O5. The highest BCUT2D eigenvalue weighted by Crippen LogP contribution is 2.30. The number of nitrogens with one attached hydrogen (secondary N) is 1. The molecule has 4 aromatic rings. The van der Waals surface area contributed by atoms with Gasteiger partial charge in [-0.05, 0) is 49.7 Å². The number of non-ortho nitro benzene ring substituents is 1. The number of carbonyl (C=O) groups is 1. The fourth-order valence-corrected chi connectivity index (χ4v) is 3.71. The molecule has 0 radical (unpaired) electrons. The third-order valence-electron chi connectivity index (χ3n) is 5.25. The summed E-state index contributed by atoms with van der Waals surface area (Å²) in [5, 5.41) is 19.2. The molecule has 0 aliphatic heterocycles. The van der Waals surface area contributed by atoms with Crippen molar-refractivity contribution in [3.63, 3.8) is 0 Å². The summed E-state index contributed by atoms with van der Waals surface area (Å²) in [7, 11) is 0. The smallest absolute Gasteiger partial charge is 0.291 e. The van der Waals surface area contributed by atoms with E-state index in [0.29, 0.717) is 28.7 Å². The number of furan rings is 1. The molecule has 0 saturated carbocycles. The Morgan fingerprint density at radius 2 is 1.89 bits per heavy atom. The van der Waals surface area contributed by atoms with Crippen LogP contribution >= 0.6 is 23.2 Å². The van der Waals surface area contributed by atoms with E-state index in [-0.39, 0.29) is 28.8 Å². The zero-order valence-corrected chi connectivity index (χ0v) is 20.3. The van der Waals surface area contributed by atoms with Crippen molar-refractivity contribution < 1.29 is 18.9 Å². The van der Waals surface area contributed by atoms with Gasteiger partial charge < -0.3 is 14.5 Å². The van der Waals surface area contributed by atoms with Crippen molar-refractivity contribution in [1.82, 2.24) is 9.78 Å². The molecule has 0 saturated heterocycles. The highest BCUT2D eigenvalue weighted by molar-refractivity contribution is 6.32. The lowest BCUT2D eigenvalue weighted by Gasteiger charge is -2.07. The van der Waals surface area contributed by atoms with Gasteiger partial charge in [-0.1, -0.05) is 35.3 Å². The summed E-state index contributed by atoms with van der Waals surface area (Å²) in [6.07, 6.45) is 0. The van der Waals surface area contributed by atoms with E-state index >= 15 is 0 Å². The number of rotatable bonds is 8. The van der Waals surface area contributed by atoms with Gasteiger partial charge in [0.1, 0.15) is 18.1 Å². The first-order valence-corrected chi connectivity index (χ1v) is 11.2. The molecule has 0 fully saturated rings. The molecule has 1 amide bonds. The van der Waals surface area contributed by atoms with Gasteiger partial charge in [-0.2, -0.15) is 5.10 Å². The summed E-state index contributed by atoms with van der Waals surface area (Å²) >= 11 is 12.0. The van der Waals surface area contributed by atoms with Gasteiger partial charge in [0.2, 0.25) is 0 Å². The van der Waals surface area contributed by atoms with E-state index in [4.69, 9.17) is 32.4 Å². The Bertz CT molecular complexity index is 1400. The Labute approximate surface area is 210 Å². The Kier molecular flexibility index (Phi) is 7.09. The van der Waals surface area contributed by atoms with Gasteiger partial charge in [-0.25, -0.2) is 0 Å². The number of nitrogens with zero attached hydrogens (tertiary/aromatic N) is 3. The number of halogens is 2. The number of hydrogen-bond acceptors (Lipinski definition) is 6. The Balaban J connectivity index is 1.42. The van der Waals surface area contributed by atoms with E-state index in [1.165, 1.54) is 24.3 Å². The third-order valence-corrected chi connectivity index (χ3v) is 5.81. The van der Waals surface area contributed by atoms with Crippen LogP contribution in [0.1, 0.15) is 33.3 Å². The van der Waals surface area contributed by atoms with Gasteiger partial charge in [0, 0.05) is 11.1 Å². The monoisotopic (exact) mass is 514 g/mol. The van der Waals surface area contributed by atoms with Gasteiger partial charge in [-0.15, -0.1) is 0 Å². The molecule has 2 aromatic heterocycles. The molecule has 0 aliphatic carbocycles. The van der Waals surface area contributed by atoms with Gasteiger partial charge in [0.15, 0.2) is 5.76 Å². The fraction of sp³-hybridized carbons (Fsp3) is 0.167. The lowest BCUT2D eigenvalue weighted by molar-refractivity contribution is -0.384. The van der Waals surface area contributed by atoms with Crippen LogP contribution in [0, 0.1) is 24.0 Å². The molecule has 2 heterocycles. The fourth-order valence-electron chi connectivity index (χ4n) is 3.41. The van der Waals surface area contributed by atoms with Crippen LogP contribution in [0.2, 0.25) is 10.0 Å². The second-order valence-electron chi connectivity index (χ2n) is 7.71. The van der Waals surface area contributed by atoms with Crippen LogP contribution in [-0.4, -0.2) is 20.6 Å². The van der Waals surface area contributed by atoms with Crippen molar-refractivity contribution in [1.29, 1.82) is 0 Å². The van der Waals surface area contributed by atoms with E-state index in [1.807, 2.05) is 38.1 Å². The molecule has 180 valence electrons. The number of hydrogen-bond donors (Lipinski definition) is 1. The highest BCUT2D eigenvalue weighted by Gasteiger charge is 2.18. The van der Waals surface area contributed by atoms with Gasteiger partial charge in [0.25, 0.3) is 11.6 Å². The van der Waals surface area contributed by atoms with Crippen molar-refractivity contribution in [3.8, 4) is 5.75 Å².